The van der Waals surface area contributed by atoms with Crippen LogP contribution in [-0.4, -0.2) is 9.55 Å². The minimum absolute atomic E-state index is 0.0201. The van der Waals surface area contributed by atoms with E-state index in [4.69, 9.17) is 11.5 Å². The van der Waals surface area contributed by atoms with E-state index in [1.165, 1.54) is 16.7 Å². The Balaban J connectivity index is 2.47. The van der Waals surface area contributed by atoms with E-state index in [0.29, 0.717) is 33.3 Å². The molecule has 0 amide bonds. The maximum Gasteiger partial charge on any atom is 0.260 e. The molecule has 0 atom stereocenters. The number of aryl methyl sites for hydroxylation is 2. The highest BCUT2D eigenvalue weighted by molar-refractivity contribution is 5.98. The Hall–Kier alpha value is -2.89. The second kappa shape index (κ2) is 4.84. The summed E-state index contributed by atoms with van der Waals surface area (Å²) >= 11 is 0. The average molecular weight is 298 g/mol. The Bertz CT molecular complexity index is 962. The summed E-state index contributed by atoms with van der Waals surface area (Å²) in [6.07, 6.45) is 3.21. The topological polar surface area (TPSA) is 86.9 Å². The van der Waals surface area contributed by atoms with Gasteiger partial charge in [0.25, 0.3) is 5.56 Å². The number of nitrogens with two attached hydrogens (primary N) is 2. The molecule has 0 spiro atoms. The minimum atomic E-state index is -0.515. The fourth-order valence-corrected chi connectivity index (χ4v) is 2.63. The lowest BCUT2D eigenvalue weighted by atomic mass is 9.97. The van der Waals surface area contributed by atoms with Crippen LogP contribution in [0.1, 0.15) is 5.56 Å². The third-order valence-electron chi connectivity index (χ3n) is 3.85. The number of halogens is 1. The highest BCUT2D eigenvalue weighted by Gasteiger charge is 2.17. The first-order valence-electron chi connectivity index (χ1n) is 6.70. The van der Waals surface area contributed by atoms with Crippen LogP contribution in [0.25, 0.3) is 22.0 Å². The van der Waals surface area contributed by atoms with Crippen LogP contribution in [0.2, 0.25) is 0 Å². The number of hydrogen-bond acceptors (Lipinski definition) is 4. The van der Waals surface area contributed by atoms with Gasteiger partial charge in [-0.2, -0.15) is 0 Å². The lowest BCUT2D eigenvalue weighted by Gasteiger charge is -2.14. The highest BCUT2D eigenvalue weighted by Crippen LogP contribution is 2.32. The maximum absolute atomic E-state index is 13.6. The maximum atomic E-state index is 13.6. The molecule has 0 saturated heterocycles. The number of pyridine rings is 2. The molecule has 112 valence electrons. The van der Waals surface area contributed by atoms with Crippen LogP contribution in [0.3, 0.4) is 0 Å². The predicted octanol–water partition coefficient (Wildman–Crippen LogP) is 2.21. The second-order valence-corrected chi connectivity index (χ2v) is 5.23. The van der Waals surface area contributed by atoms with Crippen molar-refractivity contribution < 1.29 is 4.39 Å². The Morgan fingerprint density at radius 1 is 1.27 bits per heavy atom. The van der Waals surface area contributed by atoms with Gasteiger partial charge in [0, 0.05) is 24.8 Å². The number of nitrogen functional groups attached to an aromatic ring is 2. The molecule has 0 aliphatic heterocycles. The summed E-state index contributed by atoms with van der Waals surface area (Å²) in [5.74, 6) is -0.515. The van der Waals surface area contributed by atoms with Crippen LogP contribution >= 0.6 is 0 Å². The number of nitrogens with zero attached hydrogens (tertiary/aromatic N) is 2. The zero-order valence-electron chi connectivity index (χ0n) is 12.2. The molecule has 0 aliphatic carbocycles. The fraction of sp³-hybridized carbons (Fsp3) is 0.125. The van der Waals surface area contributed by atoms with Gasteiger partial charge in [0.2, 0.25) is 0 Å². The van der Waals surface area contributed by atoms with E-state index in [-0.39, 0.29) is 11.2 Å². The molecular weight excluding hydrogens is 283 g/mol. The summed E-state index contributed by atoms with van der Waals surface area (Å²) in [7, 11) is 1.66. The van der Waals surface area contributed by atoms with E-state index in [1.54, 1.807) is 32.4 Å². The molecule has 2 heterocycles. The first-order chi connectivity index (χ1) is 10.4. The number of hydrogen-bond donors (Lipinski definition) is 2. The molecule has 3 rings (SSSR count). The summed E-state index contributed by atoms with van der Waals surface area (Å²) in [4.78, 5) is 16.7. The van der Waals surface area contributed by atoms with Gasteiger partial charge in [0.1, 0.15) is 5.82 Å². The van der Waals surface area contributed by atoms with E-state index in [9.17, 15) is 9.18 Å². The predicted molar refractivity (Wildman–Crippen MR) is 85.9 cm³/mol. The van der Waals surface area contributed by atoms with Gasteiger partial charge in [-0.3, -0.25) is 9.78 Å². The molecule has 0 unspecified atom stereocenters. The molecule has 22 heavy (non-hydrogen) atoms. The summed E-state index contributed by atoms with van der Waals surface area (Å²) in [6.45, 7) is 1.71. The third kappa shape index (κ3) is 1.92. The summed E-state index contributed by atoms with van der Waals surface area (Å²) in [6, 6.07) is 4.47. The Kier molecular flexibility index (Phi) is 3.09. The van der Waals surface area contributed by atoms with Crippen molar-refractivity contribution in [3.05, 3.63) is 52.3 Å². The lowest BCUT2D eigenvalue weighted by Crippen LogP contribution is -2.21. The SMILES string of the molecule is Cc1cc(F)c(N)cc1-c1c(N)c2cnccc2n(C)c1=O. The van der Waals surface area contributed by atoms with E-state index in [2.05, 4.69) is 4.98 Å². The van der Waals surface area contributed by atoms with Crippen LogP contribution in [0, 0.1) is 12.7 Å². The van der Waals surface area contributed by atoms with Crippen molar-refractivity contribution in [2.75, 3.05) is 11.5 Å². The zero-order valence-corrected chi connectivity index (χ0v) is 12.2. The number of rotatable bonds is 1. The van der Waals surface area contributed by atoms with Crippen molar-refractivity contribution in [3.8, 4) is 11.1 Å². The van der Waals surface area contributed by atoms with Crippen LogP contribution in [0.5, 0.6) is 0 Å². The van der Waals surface area contributed by atoms with Crippen molar-refractivity contribution in [2.45, 2.75) is 6.92 Å². The number of anilines is 2. The smallest absolute Gasteiger partial charge is 0.260 e. The van der Waals surface area contributed by atoms with Gasteiger partial charge >= 0.3 is 0 Å². The first-order valence-corrected chi connectivity index (χ1v) is 6.70. The van der Waals surface area contributed by atoms with Crippen LogP contribution in [-0.2, 0) is 7.05 Å². The van der Waals surface area contributed by atoms with Gasteiger partial charge in [0.05, 0.1) is 22.5 Å². The summed E-state index contributed by atoms with van der Waals surface area (Å²) in [5.41, 5.74) is 14.0. The van der Waals surface area contributed by atoms with Crippen molar-refractivity contribution in [3.63, 3.8) is 0 Å². The Morgan fingerprint density at radius 2 is 2.00 bits per heavy atom. The monoisotopic (exact) mass is 298 g/mol. The quantitative estimate of drug-likeness (QED) is 0.674. The van der Waals surface area contributed by atoms with Crippen LogP contribution in [0.15, 0.2) is 35.4 Å². The molecule has 6 heteroatoms. The Morgan fingerprint density at radius 3 is 2.73 bits per heavy atom. The molecular formula is C16H15FN4O. The van der Waals surface area contributed by atoms with Crippen molar-refractivity contribution >= 4 is 22.3 Å². The van der Waals surface area contributed by atoms with Gasteiger partial charge in [0.15, 0.2) is 0 Å². The second-order valence-electron chi connectivity index (χ2n) is 5.23. The molecule has 2 aromatic heterocycles. The standard InChI is InChI=1S/C16H15FN4O/c1-8-5-11(17)12(18)6-9(8)14-15(19)10-7-20-4-3-13(10)21(2)16(14)22/h3-7H,18-19H2,1-2H3. The normalized spacial score (nSPS) is 11.0. The molecule has 0 radical (unpaired) electrons. The van der Waals surface area contributed by atoms with Gasteiger partial charge in [-0.15, -0.1) is 0 Å². The van der Waals surface area contributed by atoms with Crippen molar-refractivity contribution in [1.82, 2.24) is 9.55 Å². The fourth-order valence-electron chi connectivity index (χ4n) is 2.63. The largest absolute Gasteiger partial charge is 0.397 e. The third-order valence-corrected chi connectivity index (χ3v) is 3.85. The molecule has 1 aromatic carbocycles. The first kappa shape index (κ1) is 14.1. The number of fused-ring (bicyclic) bond motifs is 1. The van der Waals surface area contributed by atoms with E-state index >= 15 is 0 Å². The molecule has 5 nitrogen and oxygen atoms in total. The Labute approximate surface area is 126 Å². The molecule has 3 aromatic rings. The molecule has 0 saturated carbocycles. The number of benzene rings is 1. The van der Waals surface area contributed by atoms with E-state index < -0.39 is 5.82 Å². The van der Waals surface area contributed by atoms with E-state index in [0.717, 1.165) is 0 Å². The van der Waals surface area contributed by atoms with Gasteiger partial charge in [-0.05, 0) is 36.2 Å². The van der Waals surface area contributed by atoms with Crippen LogP contribution < -0.4 is 17.0 Å². The van der Waals surface area contributed by atoms with Gasteiger partial charge in [-0.1, -0.05) is 0 Å². The van der Waals surface area contributed by atoms with E-state index in [1.807, 2.05) is 0 Å². The average Bonchev–Trinajstić information content (AvgIpc) is 2.50. The van der Waals surface area contributed by atoms with Crippen molar-refractivity contribution in [1.29, 1.82) is 0 Å². The molecule has 0 bridgehead atoms. The number of aromatic nitrogens is 2. The van der Waals surface area contributed by atoms with Gasteiger partial charge in [-0.25, -0.2) is 4.39 Å². The summed E-state index contributed by atoms with van der Waals surface area (Å²) in [5, 5.41) is 0.668. The lowest BCUT2D eigenvalue weighted by molar-refractivity contribution is 0.631. The molecule has 0 fully saturated rings. The zero-order chi connectivity index (χ0) is 16.0. The minimum Gasteiger partial charge on any atom is -0.397 e. The molecule has 0 aliphatic rings. The summed E-state index contributed by atoms with van der Waals surface area (Å²) < 4.78 is 15.1. The highest BCUT2D eigenvalue weighted by atomic mass is 19.1. The van der Waals surface area contributed by atoms with Gasteiger partial charge < -0.3 is 16.0 Å². The van der Waals surface area contributed by atoms with Crippen molar-refractivity contribution in [2.24, 2.45) is 7.05 Å². The molecule has 4 N–H and O–H groups in total. The van der Waals surface area contributed by atoms with Crippen LogP contribution in [0.4, 0.5) is 15.8 Å².